The molecular formula is C12H15NOS. The Kier molecular flexibility index (Phi) is 2.93. The number of hydrogen-bond donors (Lipinski definition) is 1. The Morgan fingerprint density at radius 3 is 2.87 bits per heavy atom. The van der Waals surface area contributed by atoms with Gasteiger partial charge in [-0.1, -0.05) is 12.1 Å². The third-order valence-electron chi connectivity index (χ3n) is 2.18. The van der Waals surface area contributed by atoms with Crippen molar-refractivity contribution in [1.29, 1.82) is 0 Å². The van der Waals surface area contributed by atoms with Crippen LogP contribution < -0.4 is 5.73 Å². The van der Waals surface area contributed by atoms with Gasteiger partial charge in [-0.25, -0.2) is 0 Å². The van der Waals surface area contributed by atoms with Crippen molar-refractivity contribution < 1.29 is 4.74 Å². The fraction of sp³-hybridized carbons (Fsp3) is 0.333. The van der Waals surface area contributed by atoms with Crippen LogP contribution in [0.5, 0.6) is 0 Å². The quantitative estimate of drug-likeness (QED) is 0.806. The van der Waals surface area contributed by atoms with Crippen molar-refractivity contribution in [2.75, 3.05) is 5.73 Å². The van der Waals surface area contributed by atoms with E-state index in [1.807, 2.05) is 26.0 Å². The van der Waals surface area contributed by atoms with Crippen LogP contribution in [0.1, 0.15) is 18.7 Å². The van der Waals surface area contributed by atoms with E-state index >= 15 is 0 Å². The fourth-order valence-corrected chi connectivity index (χ4v) is 2.46. The van der Waals surface area contributed by atoms with E-state index in [-0.39, 0.29) is 6.10 Å². The molecule has 0 saturated carbocycles. The second-order valence-electron chi connectivity index (χ2n) is 3.84. The lowest BCUT2D eigenvalue weighted by molar-refractivity contribution is 0.0675. The van der Waals surface area contributed by atoms with Gasteiger partial charge in [0.15, 0.2) is 0 Å². The summed E-state index contributed by atoms with van der Waals surface area (Å²) >= 11 is 1.72. The second kappa shape index (κ2) is 4.21. The Bertz CT molecular complexity index is 462. The van der Waals surface area contributed by atoms with E-state index in [2.05, 4.69) is 12.1 Å². The summed E-state index contributed by atoms with van der Waals surface area (Å²) in [6.07, 6.45) is 0.271. The van der Waals surface area contributed by atoms with E-state index in [1.165, 1.54) is 15.0 Å². The SMILES string of the molecule is CC(C)OCc1cc2cccc(N)c2s1. The number of fused-ring (bicyclic) bond motifs is 1. The van der Waals surface area contributed by atoms with Crippen molar-refractivity contribution >= 4 is 27.1 Å². The monoisotopic (exact) mass is 221 g/mol. The molecule has 2 aromatic rings. The minimum absolute atomic E-state index is 0.271. The van der Waals surface area contributed by atoms with Gasteiger partial charge in [-0.2, -0.15) is 0 Å². The lowest BCUT2D eigenvalue weighted by Crippen LogP contribution is -2.00. The number of benzene rings is 1. The van der Waals surface area contributed by atoms with Gasteiger partial charge in [0, 0.05) is 10.6 Å². The zero-order chi connectivity index (χ0) is 10.8. The third-order valence-corrected chi connectivity index (χ3v) is 3.36. The molecule has 0 fully saturated rings. The van der Waals surface area contributed by atoms with Crippen LogP contribution in [0.4, 0.5) is 5.69 Å². The van der Waals surface area contributed by atoms with Crippen LogP contribution in [0.2, 0.25) is 0 Å². The average molecular weight is 221 g/mol. The molecule has 2 nitrogen and oxygen atoms in total. The molecule has 0 radical (unpaired) electrons. The summed E-state index contributed by atoms with van der Waals surface area (Å²) in [6, 6.07) is 8.16. The Morgan fingerprint density at radius 2 is 2.20 bits per heavy atom. The summed E-state index contributed by atoms with van der Waals surface area (Å²) in [6.45, 7) is 4.76. The van der Waals surface area contributed by atoms with Gasteiger partial charge in [0.25, 0.3) is 0 Å². The van der Waals surface area contributed by atoms with Crippen molar-refractivity contribution in [3.05, 3.63) is 29.1 Å². The summed E-state index contributed by atoms with van der Waals surface area (Å²) in [4.78, 5) is 1.23. The smallest absolute Gasteiger partial charge is 0.0813 e. The van der Waals surface area contributed by atoms with Gasteiger partial charge in [0.05, 0.1) is 17.4 Å². The number of rotatable bonds is 3. The molecule has 0 aliphatic carbocycles. The molecule has 0 aliphatic heterocycles. The third kappa shape index (κ3) is 2.30. The molecule has 80 valence electrons. The van der Waals surface area contributed by atoms with Gasteiger partial charge in [0.2, 0.25) is 0 Å². The number of anilines is 1. The molecule has 0 saturated heterocycles. The topological polar surface area (TPSA) is 35.2 Å². The molecule has 0 unspecified atom stereocenters. The highest BCUT2D eigenvalue weighted by atomic mass is 32.1. The first kappa shape index (κ1) is 10.5. The van der Waals surface area contributed by atoms with E-state index in [0.29, 0.717) is 6.61 Å². The van der Waals surface area contributed by atoms with Crippen LogP contribution in [0.3, 0.4) is 0 Å². The number of ether oxygens (including phenoxy) is 1. The lowest BCUT2D eigenvalue weighted by Gasteiger charge is -2.04. The van der Waals surface area contributed by atoms with E-state index in [4.69, 9.17) is 10.5 Å². The summed E-state index contributed by atoms with van der Waals surface area (Å²) < 4.78 is 6.73. The Labute approximate surface area is 93.7 Å². The molecule has 0 aliphatic rings. The number of nitrogens with two attached hydrogens (primary N) is 1. The zero-order valence-electron chi connectivity index (χ0n) is 8.99. The Hall–Kier alpha value is -1.06. The van der Waals surface area contributed by atoms with Gasteiger partial charge in [-0.15, -0.1) is 11.3 Å². The molecule has 0 spiro atoms. The van der Waals surface area contributed by atoms with E-state index in [0.717, 1.165) is 5.69 Å². The molecular weight excluding hydrogens is 206 g/mol. The minimum atomic E-state index is 0.271. The minimum Gasteiger partial charge on any atom is -0.398 e. The summed E-state index contributed by atoms with van der Waals surface area (Å²) in [7, 11) is 0. The molecule has 1 aromatic heterocycles. The molecule has 0 bridgehead atoms. The Morgan fingerprint density at radius 1 is 1.40 bits per heavy atom. The van der Waals surface area contributed by atoms with E-state index in [9.17, 15) is 0 Å². The molecule has 1 aromatic carbocycles. The van der Waals surface area contributed by atoms with Crippen LogP contribution in [0, 0.1) is 0 Å². The highest BCUT2D eigenvalue weighted by Gasteiger charge is 2.04. The average Bonchev–Trinajstić information content (AvgIpc) is 2.59. The van der Waals surface area contributed by atoms with Crippen molar-refractivity contribution in [1.82, 2.24) is 0 Å². The number of thiophene rings is 1. The molecule has 2 rings (SSSR count). The van der Waals surface area contributed by atoms with Crippen molar-refractivity contribution in [2.24, 2.45) is 0 Å². The maximum absolute atomic E-state index is 5.90. The number of nitrogen functional groups attached to an aromatic ring is 1. The van der Waals surface area contributed by atoms with Gasteiger partial charge >= 0.3 is 0 Å². The van der Waals surface area contributed by atoms with Crippen LogP contribution >= 0.6 is 11.3 Å². The normalized spacial score (nSPS) is 11.4. The van der Waals surface area contributed by atoms with Gasteiger partial charge in [-0.3, -0.25) is 0 Å². The molecule has 3 heteroatoms. The van der Waals surface area contributed by atoms with Crippen LogP contribution in [-0.2, 0) is 11.3 Å². The second-order valence-corrected chi connectivity index (χ2v) is 4.97. The fourth-order valence-electron chi connectivity index (χ4n) is 1.46. The maximum atomic E-state index is 5.90. The molecule has 15 heavy (non-hydrogen) atoms. The zero-order valence-corrected chi connectivity index (χ0v) is 9.80. The molecule has 1 heterocycles. The van der Waals surface area contributed by atoms with Crippen molar-refractivity contribution in [3.8, 4) is 0 Å². The van der Waals surface area contributed by atoms with Gasteiger partial charge in [0.1, 0.15) is 0 Å². The predicted octanol–water partition coefficient (Wildman–Crippen LogP) is 3.41. The first-order valence-corrected chi connectivity index (χ1v) is 5.87. The van der Waals surface area contributed by atoms with Gasteiger partial charge < -0.3 is 10.5 Å². The largest absolute Gasteiger partial charge is 0.398 e. The van der Waals surface area contributed by atoms with E-state index in [1.54, 1.807) is 11.3 Å². The first-order valence-electron chi connectivity index (χ1n) is 5.05. The summed E-state index contributed by atoms with van der Waals surface area (Å²) in [5, 5.41) is 1.21. The highest BCUT2D eigenvalue weighted by molar-refractivity contribution is 7.19. The van der Waals surface area contributed by atoms with Crippen LogP contribution in [-0.4, -0.2) is 6.10 Å². The first-order chi connectivity index (χ1) is 7.16. The summed E-state index contributed by atoms with van der Waals surface area (Å²) in [5.74, 6) is 0. The van der Waals surface area contributed by atoms with Crippen LogP contribution in [0.25, 0.3) is 10.1 Å². The lowest BCUT2D eigenvalue weighted by atomic mass is 10.2. The van der Waals surface area contributed by atoms with Crippen molar-refractivity contribution in [3.63, 3.8) is 0 Å². The molecule has 0 amide bonds. The predicted molar refractivity (Wildman–Crippen MR) is 66.2 cm³/mol. The van der Waals surface area contributed by atoms with E-state index < -0.39 is 0 Å². The Balaban J connectivity index is 2.27. The van der Waals surface area contributed by atoms with Crippen LogP contribution in [0.15, 0.2) is 24.3 Å². The number of hydrogen-bond acceptors (Lipinski definition) is 3. The summed E-state index contributed by atoms with van der Waals surface area (Å²) in [5.41, 5.74) is 6.75. The van der Waals surface area contributed by atoms with Gasteiger partial charge in [-0.05, 0) is 31.4 Å². The highest BCUT2D eigenvalue weighted by Crippen LogP contribution is 2.30. The maximum Gasteiger partial charge on any atom is 0.0813 e. The standard InChI is InChI=1S/C12H15NOS/c1-8(2)14-7-10-6-9-4-3-5-11(13)12(9)15-10/h3-6,8H,7,13H2,1-2H3. The molecule has 0 atom stereocenters. The molecule has 2 N–H and O–H groups in total. The van der Waals surface area contributed by atoms with Crippen molar-refractivity contribution in [2.45, 2.75) is 26.6 Å².